The number of carbonyl (C=O) groups excluding carboxylic acids is 1. The quantitative estimate of drug-likeness (QED) is 0.677. The number of aliphatic imine (C=N–C) groups is 1. The van der Waals surface area contributed by atoms with Gasteiger partial charge in [-0.25, -0.2) is 22.1 Å². The zero-order valence-electron chi connectivity index (χ0n) is 19.8. The number of ketones is 1. The van der Waals surface area contributed by atoms with Crippen molar-refractivity contribution in [2.24, 2.45) is 10.7 Å². The molecule has 2 atom stereocenters. The molecule has 2 aliphatic heterocycles. The molecule has 4 rings (SSSR count). The largest absolute Gasteiger partial charge is 0.369 e. The lowest BCUT2D eigenvalue weighted by molar-refractivity contribution is -0.118. The number of nitrogens with zero attached hydrogens (tertiary/aromatic N) is 3. The Morgan fingerprint density at radius 3 is 2.56 bits per heavy atom. The first-order valence-corrected chi connectivity index (χ1v) is 12.9. The van der Waals surface area contributed by atoms with Crippen molar-refractivity contribution in [1.29, 1.82) is 0 Å². The minimum absolute atomic E-state index is 0.0198. The Kier molecular flexibility index (Phi) is 6.29. The molecule has 7 nitrogen and oxygen atoms in total. The fraction of sp³-hybridized carbons (Fsp3) is 0.440. The van der Waals surface area contributed by atoms with Crippen molar-refractivity contribution in [3.63, 3.8) is 0 Å². The number of nitrogens with two attached hydrogens (primary N) is 1. The summed E-state index contributed by atoms with van der Waals surface area (Å²) in [6, 6.07) is 14.3. The number of hydrogen-bond donors (Lipinski definition) is 1. The van der Waals surface area contributed by atoms with Crippen molar-refractivity contribution < 1.29 is 17.6 Å². The van der Waals surface area contributed by atoms with Gasteiger partial charge in [0.05, 0.1) is 0 Å². The predicted molar refractivity (Wildman–Crippen MR) is 130 cm³/mol. The van der Waals surface area contributed by atoms with Gasteiger partial charge in [-0.3, -0.25) is 9.69 Å². The Labute approximate surface area is 200 Å². The van der Waals surface area contributed by atoms with Gasteiger partial charge in [-0.15, -0.1) is 0 Å². The molecule has 0 aliphatic carbocycles. The normalized spacial score (nSPS) is 26.6. The Morgan fingerprint density at radius 1 is 1.18 bits per heavy atom. The highest BCUT2D eigenvalue weighted by molar-refractivity contribution is 7.91. The lowest BCUT2D eigenvalue weighted by atomic mass is 9.77. The molecule has 0 unspecified atom stereocenters. The van der Waals surface area contributed by atoms with E-state index in [0.717, 1.165) is 9.87 Å². The van der Waals surface area contributed by atoms with Gasteiger partial charge in [0.25, 0.3) is 0 Å². The van der Waals surface area contributed by atoms with Crippen LogP contribution in [0, 0.1) is 5.82 Å². The van der Waals surface area contributed by atoms with Crippen molar-refractivity contribution in [2.45, 2.75) is 49.9 Å². The highest BCUT2D eigenvalue weighted by Crippen LogP contribution is 2.51. The molecule has 2 N–H and O–H groups in total. The molecule has 0 radical (unpaired) electrons. The molecule has 2 heterocycles. The van der Waals surface area contributed by atoms with Crippen molar-refractivity contribution in [1.82, 2.24) is 9.21 Å². The van der Waals surface area contributed by atoms with E-state index in [1.165, 1.54) is 13.1 Å². The molecule has 0 aromatic heterocycles. The second-order valence-electron chi connectivity index (χ2n) is 9.34. The molecular weight excluding hydrogens is 455 g/mol. The van der Waals surface area contributed by atoms with Gasteiger partial charge >= 0.3 is 0 Å². The molecule has 2 aromatic rings. The fourth-order valence-corrected chi connectivity index (χ4v) is 7.36. The highest BCUT2D eigenvalue weighted by Gasteiger charge is 2.66. The van der Waals surface area contributed by atoms with E-state index in [1.807, 2.05) is 30.3 Å². The molecule has 1 saturated heterocycles. The summed E-state index contributed by atoms with van der Waals surface area (Å²) in [4.78, 5) is 18.7. The number of carbonyl (C=O) groups is 1. The smallest absolute Gasteiger partial charge is 0.247 e. The number of hydrogen-bond acceptors (Lipinski definition) is 6. The molecule has 2 aliphatic rings. The first-order valence-electron chi connectivity index (χ1n) is 11.4. The summed E-state index contributed by atoms with van der Waals surface area (Å²) in [5.74, 6) is -0.720. The summed E-state index contributed by atoms with van der Waals surface area (Å²) < 4.78 is 42.8. The first kappa shape index (κ1) is 24.3. The van der Waals surface area contributed by atoms with E-state index in [2.05, 4.69) is 9.89 Å². The second kappa shape index (κ2) is 8.78. The maximum atomic E-state index is 15.4. The van der Waals surface area contributed by atoms with Crippen LogP contribution in [0.5, 0.6) is 0 Å². The van der Waals surface area contributed by atoms with Gasteiger partial charge in [0.1, 0.15) is 21.9 Å². The van der Waals surface area contributed by atoms with Crippen LogP contribution in [0.1, 0.15) is 43.4 Å². The average Bonchev–Trinajstić information content (AvgIpc) is 3.25. The monoisotopic (exact) mass is 486 g/mol. The summed E-state index contributed by atoms with van der Waals surface area (Å²) in [5, 5.41) is 0. The topological polar surface area (TPSA) is 96.1 Å². The third-order valence-corrected chi connectivity index (χ3v) is 9.94. The van der Waals surface area contributed by atoms with Crippen LogP contribution < -0.4 is 5.73 Å². The van der Waals surface area contributed by atoms with Crippen LogP contribution in [0.4, 0.5) is 4.39 Å². The number of likely N-dealkylation sites (tertiary alicyclic amines) is 1. The molecule has 9 heteroatoms. The third-order valence-electron chi connectivity index (χ3n) is 7.31. The van der Waals surface area contributed by atoms with Crippen molar-refractivity contribution in [3.05, 3.63) is 71.0 Å². The van der Waals surface area contributed by atoms with Crippen LogP contribution in [0.15, 0.2) is 53.5 Å². The van der Waals surface area contributed by atoms with Crippen LogP contribution in [-0.2, 0) is 33.3 Å². The maximum Gasteiger partial charge on any atom is 0.247 e. The van der Waals surface area contributed by atoms with Gasteiger partial charge in [0.15, 0.2) is 0 Å². The predicted octanol–water partition coefficient (Wildman–Crippen LogP) is 2.80. The lowest BCUT2D eigenvalue weighted by Crippen LogP contribution is -2.66. The molecular formula is C25H31FN4O3S. The Morgan fingerprint density at radius 2 is 1.88 bits per heavy atom. The summed E-state index contributed by atoms with van der Waals surface area (Å²) in [5.41, 5.74) is 6.45. The fourth-order valence-electron chi connectivity index (χ4n) is 5.19. The number of guanidine groups is 1. The summed E-state index contributed by atoms with van der Waals surface area (Å²) in [6.07, 6.45) is 0.794. The van der Waals surface area contributed by atoms with Crippen LogP contribution in [0.25, 0.3) is 0 Å². The number of benzene rings is 2. The Balaban J connectivity index is 1.83. The number of rotatable bonds is 6. The minimum Gasteiger partial charge on any atom is -0.369 e. The van der Waals surface area contributed by atoms with Gasteiger partial charge in [0.2, 0.25) is 16.0 Å². The Bertz CT molecular complexity index is 1230. The van der Waals surface area contributed by atoms with Gasteiger partial charge in [-0.05, 0) is 36.6 Å². The van der Waals surface area contributed by atoms with E-state index in [9.17, 15) is 13.2 Å². The van der Waals surface area contributed by atoms with E-state index < -0.39 is 26.1 Å². The first-order chi connectivity index (χ1) is 16.0. The molecule has 182 valence electrons. The van der Waals surface area contributed by atoms with Gasteiger partial charge < -0.3 is 5.73 Å². The zero-order valence-corrected chi connectivity index (χ0v) is 20.6. The van der Waals surface area contributed by atoms with E-state index in [1.54, 1.807) is 26.0 Å². The molecule has 2 aromatic carbocycles. The molecule has 34 heavy (non-hydrogen) atoms. The lowest BCUT2D eigenvalue weighted by Gasteiger charge is -2.48. The second-order valence-corrected chi connectivity index (χ2v) is 11.6. The molecule has 0 saturated carbocycles. The summed E-state index contributed by atoms with van der Waals surface area (Å²) in [7, 11) is -2.60. The summed E-state index contributed by atoms with van der Waals surface area (Å²) in [6.45, 7) is 4.70. The standard InChI is InChI=1S/C25H31FN4O3S/c1-4-20(31)14-19-10-11-22(26)21(15-19)24(2)25(34(32,33)29(3)23(27)28-24)12-13-30(17-25)16-18-8-6-5-7-9-18/h5-11,15H,4,12-14,16-17H2,1-3H3,(H2,27,28)/t24-,25+/m1/s1. The summed E-state index contributed by atoms with van der Waals surface area (Å²) >= 11 is 0. The van der Waals surface area contributed by atoms with Crippen LogP contribution in [0.3, 0.4) is 0 Å². The number of Topliss-reactive ketones (excluding diaryl/α,β-unsaturated/α-hetero) is 1. The average molecular weight is 487 g/mol. The van der Waals surface area contributed by atoms with Crippen molar-refractivity contribution in [3.8, 4) is 0 Å². The van der Waals surface area contributed by atoms with Crippen molar-refractivity contribution in [2.75, 3.05) is 20.1 Å². The van der Waals surface area contributed by atoms with Gasteiger partial charge in [0, 0.05) is 45.1 Å². The zero-order chi connectivity index (χ0) is 24.7. The highest BCUT2D eigenvalue weighted by atomic mass is 32.2. The van der Waals surface area contributed by atoms with E-state index >= 15 is 4.39 Å². The van der Waals surface area contributed by atoms with Crippen LogP contribution in [0.2, 0.25) is 0 Å². The van der Waals surface area contributed by atoms with E-state index in [0.29, 0.717) is 25.1 Å². The van der Waals surface area contributed by atoms with Crippen LogP contribution in [-0.4, -0.2) is 54.2 Å². The number of sulfonamides is 1. The van der Waals surface area contributed by atoms with Gasteiger partial charge in [-0.2, -0.15) is 0 Å². The molecule has 0 amide bonds. The van der Waals surface area contributed by atoms with E-state index in [4.69, 9.17) is 5.73 Å². The van der Waals surface area contributed by atoms with Crippen LogP contribution >= 0.6 is 0 Å². The third kappa shape index (κ3) is 3.80. The minimum atomic E-state index is -3.99. The van der Waals surface area contributed by atoms with Crippen molar-refractivity contribution >= 4 is 21.8 Å². The molecule has 0 bridgehead atoms. The molecule has 1 fully saturated rings. The SMILES string of the molecule is CCC(=O)Cc1ccc(F)c([C@@]2(C)N=C(N)N(C)S(=O)(=O)[C@]23CCN(Cc2ccccc2)C3)c1. The molecule has 1 spiro atoms. The number of halogens is 1. The maximum absolute atomic E-state index is 15.4. The van der Waals surface area contributed by atoms with E-state index in [-0.39, 0.29) is 36.7 Å². The van der Waals surface area contributed by atoms with Gasteiger partial charge in [-0.1, -0.05) is 43.3 Å². The Hall–Kier alpha value is -2.78.